The van der Waals surface area contributed by atoms with Gasteiger partial charge in [-0.25, -0.2) is 0 Å². The van der Waals surface area contributed by atoms with Gasteiger partial charge in [0.15, 0.2) is 5.82 Å². The lowest BCUT2D eigenvalue weighted by Crippen LogP contribution is -2.24. The van der Waals surface area contributed by atoms with Gasteiger partial charge in [0.25, 0.3) is 0 Å². The standard InChI is InChI=1S/C13H19N5O3/c1-10-7-15-18(9-10)5-3-12(19)14-8-13-16-11(17-21-13)4-6-20-2/h7,9H,3-6,8H2,1-2H3,(H,14,19). The Kier molecular flexibility index (Phi) is 5.44. The molecule has 0 aliphatic carbocycles. The van der Waals surface area contributed by atoms with Crippen molar-refractivity contribution in [3.05, 3.63) is 29.7 Å². The van der Waals surface area contributed by atoms with Gasteiger partial charge in [-0.3, -0.25) is 9.48 Å². The van der Waals surface area contributed by atoms with Crippen LogP contribution in [0.25, 0.3) is 0 Å². The van der Waals surface area contributed by atoms with E-state index >= 15 is 0 Å². The van der Waals surface area contributed by atoms with Crippen LogP contribution in [0.15, 0.2) is 16.9 Å². The highest BCUT2D eigenvalue weighted by Crippen LogP contribution is 1.99. The molecule has 0 saturated heterocycles. The maximum absolute atomic E-state index is 11.7. The van der Waals surface area contributed by atoms with E-state index in [2.05, 4.69) is 20.6 Å². The summed E-state index contributed by atoms with van der Waals surface area (Å²) in [7, 11) is 1.61. The molecule has 0 aliphatic heterocycles. The predicted molar refractivity (Wildman–Crippen MR) is 73.3 cm³/mol. The van der Waals surface area contributed by atoms with Crippen molar-refractivity contribution in [3.8, 4) is 0 Å². The second kappa shape index (κ2) is 7.53. The summed E-state index contributed by atoms with van der Waals surface area (Å²) >= 11 is 0. The minimum absolute atomic E-state index is 0.0835. The zero-order valence-corrected chi connectivity index (χ0v) is 12.2. The molecule has 0 aromatic carbocycles. The quantitative estimate of drug-likeness (QED) is 0.760. The molecule has 2 aromatic rings. The highest BCUT2D eigenvalue weighted by Gasteiger charge is 2.08. The average molecular weight is 293 g/mol. The Morgan fingerprint density at radius 1 is 1.52 bits per heavy atom. The van der Waals surface area contributed by atoms with E-state index in [1.807, 2.05) is 13.1 Å². The van der Waals surface area contributed by atoms with Gasteiger partial charge < -0.3 is 14.6 Å². The molecule has 2 rings (SSSR count). The van der Waals surface area contributed by atoms with Gasteiger partial charge in [0.2, 0.25) is 11.8 Å². The lowest BCUT2D eigenvalue weighted by atomic mass is 10.4. The summed E-state index contributed by atoms with van der Waals surface area (Å²) in [6, 6.07) is 0. The molecule has 8 nitrogen and oxygen atoms in total. The molecule has 0 unspecified atom stereocenters. The van der Waals surface area contributed by atoms with Crippen molar-refractivity contribution in [2.45, 2.75) is 32.9 Å². The fourth-order valence-electron chi connectivity index (χ4n) is 1.72. The first kappa shape index (κ1) is 15.2. The van der Waals surface area contributed by atoms with Crippen LogP contribution in [0.1, 0.15) is 23.7 Å². The van der Waals surface area contributed by atoms with Crippen LogP contribution in [0.4, 0.5) is 0 Å². The maximum Gasteiger partial charge on any atom is 0.246 e. The highest BCUT2D eigenvalue weighted by atomic mass is 16.5. The molecular formula is C13H19N5O3. The van der Waals surface area contributed by atoms with Crippen LogP contribution in [0, 0.1) is 6.92 Å². The number of nitrogens with zero attached hydrogens (tertiary/aromatic N) is 4. The fraction of sp³-hybridized carbons (Fsp3) is 0.538. The number of amides is 1. The number of rotatable bonds is 8. The second-order valence-electron chi connectivity index (χ2n) is 4.65. The number of hydrogen-bond donors (Lipinski definition) is 1. The molecule has 21 heavy (non-hydrogen) atoms. The summed E-state index contributed by atoms with van der Waals surface area (Å²) in [5, 5.41) is 10.7. The first-order valence-electron chi connectivity index (χ1n) is 6.73. The first-order chi connectivity index (χ1) is 10.2. The minimum atomic E-state index is -0.0835. The van der Waals surface area contributed by atoms with E-state index in [-0.39, 0.29) is 12.5 Å². The molecule has 1 N–H and O–H groups in total. The molecule has 2 aromatic heterocycles. The second-order valence-corrected chi connectivity index (χ2v) is 4.65. The Balaban J connectivity index is 1.69. The van der Waals surface area contributed by atoms with Crippen LogP contribution in [0.2, 0.25) is 0 Å². The molecule has 0 spiro atoms. The van der Waals surface area contributed by atoms with Crippen LogP contribution in [-0.4, -0.2) is 39.5 Å². The summed E-state index contributed by atoms with van der Waals surface area (Å²) in [5.41, 5.74) is 1.07. The minimum Gasteiger partial charge on any atom is -0.384 e. The van der Waals surface area contributed by atoms with Gasteiger partial charge >= 0.3 is 0 Å². The van der Waals surface area contributed by atoms with E-state index in [0.29, 0.717) is 37.7 Å². The van der Waals surface area contributed by atoms with E-state index in [9.17, 15) is 4.79 Å². The summed E-state index contributed by atoms with van der Waals surface area (Å²) in [6.07, 6.45) is 4.60. The summed E-state index contributed by atoms with van der Waals surface area (Å²) in [4.78, 5) is 15.9. The van der Waals surface area contributed by atoms with E-state index in [1.54, 1.807) is 18.0 Å². The molecule has 0 aliphatic rings. The summed E-state index contributed by atoms with van der Waals surface area (Å²) in [6.45, 7) is 3.27. The fourth-order valence-corrected chi connectivity index (χ4v) is 1.72. The number of aryl methyl sites for hydroxylation is 2. The monoisotopic (exact) mass is 293 g/mol. The number of hydrogen-bond acceptors (Lipinski definition) is 6. The molecule has 8 heteroatoms. The Hall–Kier alpha value is -2.22. The topological polar surface area (TPSA) is 95.1 Å². The zero-order valence-electron chi connectivity index (χ0n) is 12.2. The van der Waals surface area contributed by atoms with Gasteiger partial charge in [0, 0.05) is 32.7 Å². The smallest absolute Gasteiger partial charge is 0.246 e. The van der Waals surface area contributed by atoms with Crippen molar-refractivity contribution in [1.29, 1.82) is 0 Å². The zero-order chi connectivity index (χ0) is 15.1. The molecule has 0 saturated carbocycles. The van der Waals surface area contributed by atoms with E-state index in [1.165, 1.54) is 0 Å². The van der Waals surface area contributed by atoms with Crippen LogP contribution < -0.4 is 5.32 Å². The molecule has 0 atom stereocenters. The lowest BCUT2D eigenvalue weighted by Gasteiger charge is -2.02. The van der Waals surface area contributed by atoms with E-state index < -0.39 is 0 Å². The van der Waals surface area contributed by atoms with Crippen molar-refractivity contribution in [2.75, 3.05) is 13.7 Å². The average Bonchev–Trinajstić information content (AvgIpc) is 3.09. The maximum atomic E-state index is 11.7. The van der Waals surface area contributed by atoms with Crippen LogP contribution in [-0.2, 0) is 29.0 Å². The number of methoxy groups -OCH3 is 1. The number of carbonyl (C=O) groups excluding carboxylic acids is 1. The predicted octanol–water partition coefficient (Wildman–Crippen LogP) is 0.470. The Bertz CT molecular complexity index is 578. The van der Waals surface area contributed by atoms with Crippen molar-refractivity contribution in [1.82, 2.24) is 25.2 Å². The van der Waals surface area contributed by atoms with Crippen LogP contribution >= 0.6 is 0 Å². The van der Waals surface area contributed by atoms with Gasteiger partial charge in [-0.1, -0.05) is 5.16 Å². The Morgan fingerprint density at radius 3 is 3.10 bits per heavy atom. The van der Waals surface area contributed by atoms with Gasteiger partial charge in [-0.2, -0.15) is 10.1 Å². The van der Waals surface area contributed by atoms with Gasteiger partial charge in [-0.05, 0) is 12.5 Å². The largest absolute Gasteiger partial charge is 0.384 e. The number of aromatic nitrogens is 4. The molecule has 0 fully saturated rings. The van der Waals surface area contributed by atoms with Gasteiger partial charge in [0.05, 0.1) is 19.3 Å². The molecule has 114 valence electrons. The normalized spacial score (nSPS) is 10.8. The van der Waals surface area contributed by atoms with E-state index in [4.69, 9.17) is 9.26 Å². The number of nitrogens with one attached hydrogen (secondary N) is 1. The molecular weight excluding hydrogens is 274 g/mol. The lowest BCUT2D eigenvalue weighted by molar-refractivity contribution is -0.121. The van der Waals surface area contributed by atoms with Crippen LogP contribution in [0.5, 0.6) is 0 Å². The SMILES string of the molecule is COCCc1noc(CNC(=O)CCn2cc(C)cn2)n1. The molecule has 2 heterocycles. The van der Waals surface area contributed by atoms with Gasteiger partial charge in [0.1, 0.15) is 0 Å². The van der Waals surface area contributed by atoms with Crippen molar-refractivity contribution >= 4 is 5.91 Å². The molecule has 1 amide bonds. The van der Waals surface area contributed by atoms with Crippen molar-refractivity contribution in [2.24, 2.45) is 0 Å². The van der Waals surface area contributed by atoms with Crippen molar-refractivity contribution in [3.63, 3.8) is 0 Å². The number of ether oxygens (including phenoxy) is 1. The molecule has 0 bridgehead atoms. The summed E-state index contributed by atoms with van der Waals surface area (Å²) in [5.74, 6) is 0.886. The van der Waals surface area contributed by atoms with Gasteiger partial charge in [-0.15, -0.1) is 0 Å². The van der Waals surface area contributed by atoms with Crippen LogP contribution in [0.3, 0.4) is 0 Å². The third-order valence-electron chi connectivity index (χ3n) is 2.81. The number of carbonyl (C=O) groups is 1. The third-order valence-corrected chi connectivity index (χ3v) is 2.81. The first-order valence-corrected chi connectivity index (χ1v) is 6.73. The third kappa shape index (κ3) is 4.99. The highest BCUT2D eigenvalue weighted by molar-refractivity contribution is 5.75. The Labute approximate surface area is 122 Å². The van der Waals surface area contributed by atoms with Crippen molar-refractivity contribution < 1.29 is 14.1 Å². The Morgan fingerprint density at radius 2 is 2.38 bits per heavy atom. The van der Waals surface area contributed by atoms with E-state index in [0.717, 1.165) is 5.56 Å². The summed E-state index contributed by atoms with van der Waals surface area (Å²) < 4.78 is 11.7. The molecule has 0 radical (unpaired) electrons.